The van der Waals surface area contributed by atoms with E-state index in [0.29, 0.717) is 5.56 Å². The lowest BCUT2D eigenvalue weighted by Gasteiger charge is -2.03. The molecule has 0 aliphatic carbocycles. The first-order valence-corrected chi connectivity index (χ1v) is 5.92. The van der Waals surface area contributed by atoms with Crippen LogP contribution in [0.15, 0.2) is 48.5 Å². The van der Waals surface area contributed by atoms with Crippen molar-refractivity contribution in [1.29, 1.82) is 0 Å². The summed E-state index contributed by atoms with van der Waals surface area (Å²) >= 11 is 0. The zero-order chi connectivity index (χ0) is 14.5. The van der Waals surface area contributed by atoms with Crippen molar-refractivity contribution in [3.8, 4) is 5.75 Å². The third kappa shape index (κ3) is 3.09. The zero-order valence-electron chi connectivity index (χ0n) is 10.8. The highest BCUT2D eigenvalue weighted by atomic mass is 19.1. The van der Waals surface area contributed by atoms with Crippen molar-refractivity contribution < 1.29 is 18.3 Å². The second-order valence-electron chi connectivity index (χ2n) is 4.07. The van der Waals surface area contributed by atoms with Gasteiger partial charge in [0.1, 0.15) is 17.4 Å². The molecule has 0 aliphatic heterocycles. The Morgan fingerprint density at radius 3 is 2.25 bits per heavy atom. The molecule has 0 heterocycles. The Morgan fingerprint density at radius 2 is 1.70 bits per heavy atom. The molecule has 0 aliphatic rings. The summed E-state index contributed by atoms with van der Waals surface area (Å²) in [6.07, 6.45) is 2.27. The second-order valence-corrected chi connectivity index (χ2v) is 4.07. The van der Waals surface area contributed by atoms with Crippen LogP contribution in [0.1, 0.15) is 15.9 Å². The summed E-state index contributed by atoms with van der Waals surface area (Å²) in [6, 6.07) is 10.6. The van der Waals surface area contributed by atoms with Crippen LogP contribution in [0.5, 0.6) is 5.75 Å². The Hall–Kier alpha value is -2.49. The lowest BCUT2D eigenvalue weighted by molar-refractivity contribution is 0.104. The van der Waals surface area contributed by atoms with Gasteiger partial charge in [0.25, 0.3) is 0 Å². The summed E-state index contributed by atoms with van der Waals surface area (Å²) in [4.78, 5) is 11.8. The molecule has 2 aromatic rings. The molecule has 20 heavy (non-hydrogen) atoms. The van der Waals surface area contributed by atoms with E-state index in [-0.39, 0.29) is 17.1 Å². The van der Waals surface area contributed by atoms with Gasteiger partial charge in [0.05, 0.1) is 7.11 Å². The Bertz CT molecular complexity index is 626. The first-order valence-electron chi connectivity index (χ1n) is 5.92. The quantitative estimate of drug-likeness (QED) is 0.625. The van der Waals surface area contributed by atoms with Crippen LogP contribution in [0.25, 0.3) is 6.08 Å². The topological polar surface area (TPSA) is 26.3 Å². The maximum absolute atomic E-state index is 13.7. The Balaban J connectivity index is 2.26. The average molecular weight is 274 g/mol. The highest BCUT2D eigenvalue weighted by molar-refractivity contribution is 6.06. The Kier molecular flexibility index (Phi) is 4.25. The molecule has 2 nitrogen and oxygen atoms in total. The summed E-state index contributed by atoms with van der Waals surface area (Å²) in [6.45, 7) is 0. The number of hydrogen-bond donors (Lipinski definition) is 0. The lowest BCUT2D eigenvalue weighted by Crippen LogP contribution is -1.95. The van der Waals surface area contributed by atoms with Crippen LogP contribution in [0.3, 0.4) is 0 Å². The van der Waals surface area contributed by atoms with E-state index < -0.39 is 11.6 Å². The van der Waals surface area contributed by atoms with Crippen molar-refractivity contribution in [2.45, 2.75) is 0 Å². The van der Waals surface area contributed by atoms with Crippen molar-refractivity contribution in [2.24, 2.45) is 0 Å². The van der Waals surface area contributed by atoms with Crippen molar-refractivity contribution >= 4 is 11.9 Å². The zero-order valence-corrected chi connectivity index (χ0v) is 10.8. The smallest absolute Gasteiger partial charge is 0.185 e. The van der Waals surface area contributed by atoms with Gasteiger partial charge in [-0.3, -0.25) is 4.79 Å². The minimum Gasteiger partial charge on any atom is -0.497 e. The molecule has 102 valence electrons. The van der Waals surface area contributed by atoms with Crippen LogP contribution in [0, 0.1) is 11.6 Å². The third-order valence-electron chi connectivity index (χ3n) is 2.75. The average Bonchev–Trinajstić information content (AvgIpc) is 2.46. The SMILES string of the molecule is COc1cc(F)c(/C=C/C(=O)c2ccccc2)c(F)c1. The molecular weight excluding hydrogens is 262 g/mol. The van der Waals surface area contributed by atoms with Crippen molar-refractivity contribution in [2.75, 3.05) is 7.11 Å². The number of allylic oxidation sites excluding steroid dienone is 1. The summed E-state index contributed by atoms with van der Waals surface area (Å²) in [5, 5.41) is 0. The minimum atomic E-state index is -0.779. The van der Waals surface area contributed by atoms with Gasteiger partial charge in [-0.25, -0.2) is 8.78 Å². The molecule has 0 atom stereocenters. The van der Waals surface area contributed by atoms with Gasteiger partial charge >= 0.3 is 0 Å². The number of carbonyl (C=O) groups excluding carboxylic acids is 1. The van der Waals surface area contributed by atoms with E-state index in [1.165, 1.54) is 7.11 Å². The lowest BCUT2D eigenvalue weighted by atomic mass is 10.1. The highest BCUT2D eigenvalue weighted by Crippen LogP contribution is 2.21. The maximum atomic E-state index is 13.7. The number of ether oxygens (including phenoxy) is 1. The van der Waals surface area contributed by atoms with Gasteiger partial charge in [-0.1, -0.05) is 30.3 Å². The molecule has 0 unspecified atom stereocenters. The molecule has 0 amide bonds. The van der Waals surface area contributed by atoms with E-state index in [1.807, 2.05) is 0 Å². The molecule has 0 saturated heterocycles. The van der Waals surface area contributed by atoms with Crippen molar-refractivity contribution in [3.05, 3.63) is 71.3 Å². The predicted octanol–water partition coefficient (Wildman–Crippen LogP) is 3.87. The summed E-state index contributed by atoms with van der Waals surface area (Å²) in [5.41, 5.74) is 0.188. The van der Waals surface area contributed by atoms with Crippen LogP contribution < -0.4 is 4.74 Å². The fraction of sp³-hybridized carbons (Fsp3) is 0.0625. The maximum Gasteiger partial charge on any atom is 0.185 e. The van der Waals surface area contributed by atoms with Gasteiger partial charge in [-0.15, -0.1) is 0 Å². The minimum absolute atomic E-state index is 0.0894. The fourth-order valence-electron chi connectivity index (χ4n) is 1.70. The van der Waals surface area contributed by atoms with Gasteiger partial charge in [0.2, 0.25) is 0 Å². The molecule has 2 rings (SSSR count). The molecule has 2 aromatic carbocycles. The monoisotopic (exact) mass is 274 g/mol. The number of hydrogen-bond acceptors (Lipinski definition) is 2. The predicted molar refractivity (Wildman–Crippen MR) is 72.7 cm³/mol. The standard InChI is InChI=1S/C16H12F2O2/c1-20-12-9-14(17)13(15(18)10-12)7-8-16(19)11-5-3-2-4-6-11/h2-10H,1H3/b8-7+. The van der Waals surface area contributed by atoms with E-state index in [4.69, 9.17) is 4.74 Å². The van der Waals surface area contributed by atoms with Crippen molar-refractivity contribution in [1.82, 2.24) is 0 Å². The van der Waals surface area contributed by atoms with E-state index in [1.54, 1.807) is 30.3 Å². The van der Waals surface area contributed by atoms with Crippen LogP contribution in [-0.2, 0) is 0 Å². The summed E-state index contributed by atoms with van der Waals surface area (Å²) in [7, 11) is 1.32. The van der Waals surface area contributed by atoms with E-state index in [9.17, 15) is 13.6 Å². The van der Waals surface area contributed by atoms with Crippen LogP contribution in [0.4, 0.5) is 8.78 Å². The van der Waals surface area contributed by atoms with Crippen LogP contribution >= 0.6 is 0 Å². The number of ketones is 1. The number of benzene rings is 2. The first-order chi connectivity index (χ1) is 9.61. The third-order valence-corrected chi connectivity index (χ3v) is 2.75. The summed E-state index contributed by atoms with van der Waals surface area (Å²) < 4.78 is 32.1. The molecule has 0 bridgehead atoms. The molecule has 0 spiro atoms. The van der Waals surface area contributed by atoms with Crippen LogP contribution in [-0.4, -0.2) is 12.9 Å². The number of rotatable bonds is 4. The second kappa shape index (κ2) is 6.10. The molecule has 0 aromatic heterocycles. The van der Waals surface area contributed by atoms with Gasteiger partial charge in [-0.05, 0) is 12.2 Å². The van der Waals surface area contributed by atoms with E-state index in [0.717, 1.165) is 24.3 Å². The number of methoxy groups -OCH3 is 1. The van der Waals surface area contributed by atoms with E-state index in [2.05, 4.69) is 0 Å². The number of halogens is 2. The van der Waals surface area contributed by atoms with Gasteiger partial charge in [0, 0.05) is 23.3 Å². The first kappa shape index (κ1) is 13.9. The Morgan fingerprint density at radius 1 is 1.10 bits per heavy atom. The molecule has 0 radical (unpaired) electrons. The molecule has 0 saturated carbocycles. The molecule has 4 heteroatoms. The van der Waals surface area contributed by atoms with E-state index >= 15 is 0 Å². The number of carbonyl (C=O) groups is 1. The summed E-state index contributed by atoms with van der Waals surface area (Å²) in [5.74, 6) is -1.79. The van der Waals surface area contributed by atoms with Crippen LogP contribution in [0.2, 0.25) is 0 Å². The highest BCUT2D eigenvalue weighted by Gasteiger charge is 2.09. The Labute approximate surface area is 115 Å². The molecular formula is C16H12F2O2. The van der Waals surface area contributed by atoms with Gasteiger partial charge in [0.15, 0.2) is 5.78 Å². The largest absolute Gasteiger partial charge is 0.497 e. The normalized spacial score (nSPS) is 10.8. The van der Waals surface area contributed by atoms with Crippen molar-refractivity contribution in [3.63, 3.8) is 0 Å². The van der Waals surface area contributed by atoms with Gasteiger partial charge in [-0.2, -0.15) is 0 Å². The molecule has 0 N–H and O–H groups in total. The fourth-order valence-corrected chi connectivity index (χ4v) is 1.70. The molecule has 0 fully saturated rings. The van der Waals surface area contributed by atoms with Gasteiger partial charge < -0.3 is 4.74 Å².